The van der Waals surface area contributed by atoms with Gasteiger partial charge in [0, 0.05) is 5.54 Å². The molecule has 2 unspecified atom stereocenters. The van der Waals surface area contributed by atoms with Crippen LogP contribution >= 0.6 is 12.4 Å². The SMILES string of the molecule is CCCC(C)(N)C(=O)NC(C)C(=O)NC(C)(C)C.Cl. The highest BCUT2D eigenvalue weighted by molar-refractivity contribution is 5.91. The second kappa shape index (κ2) is 7.70. The van der Waals surface area contributed by atoms with Crippen LogP contribution in [0.4, 0.5) is 0 Å². The molecule has 19 heavy (non-hydrogen) atoms. The number of hydrogen-bond donors (Lipinski definition) is 3. The molecule has 0 saturated carbocycles. The Morgan fingerprint density at radius 2 is 1.68 bits per heavy atom. The zero-order chi connectivity index (χ0) is 14.6. The van der Waals surface area contributed by atoms with Gasteiger partial charge in [0.2, 0.25) is 11.8 Å². The summed E-state index contributed by atoms with van der Waals surface area (Å²) < 4.78 is 0. The molecule has 2 atom stereocenters. The van der Waals surface area contributed by atoms with Gasteiger partial charge in [-0.3, -0.25) is 9.59 Å². The molecule has 6 heteroatoms. The van der Waals surface area contributed by atoms with Crippen molar-refractivity contribution < 1.29 is 9.59 Å². The summed E-state index contributed by atoms with van der Waals surface area (Å²) in [5.41, 5.74) is 4.66. The van der Waals surface area contributed by atoms with E-state index in [1.54, 1.807) is 13.8 Å². The minimum absolute atomic E-state index is 0. The third-order valence-electron chi connectivity index (χ3n) is 2.53. The monoisotopic (exact) mass is 293 g/mol. The Hall–Kier alpha value is -0.810. The quantitative estimate of drug-likeness (QED) is 0.715. The lowest BCUT2D eigenvalue weighted by Crippen LogP contribution is -2.57. The summed E-state index contributed by atoms with van der Waals surface area (Å²) in [6.07, 6.45) is 1.41. The van der Waals surface area contributed by atoms with Gasteiger partial charge >= 0.3 is 0 Å². The molecule has 0 spiro atoms. The van der Waals surface area contributed by atoms with Gasteiger partial charge in [0.25, 0.3) is 0 Å². The number of carbonyl (C=O) groups excluding carboxylic acids is 2. The van der Waals surface area contributed by atoms with Crippen molar-refractivity contribution in [3.05, 3.63) is 0 Å². The smallest absolute Gasteiger partial charge is 0.242 e. The molecule has 0 fully saturated rings. The molecule has 0 rings (SSSR count). The number of rotatable bonds is 5. The number of halogens is 1. The van der Waals surface area contributed by atoms with Crippen molar-refractivity contribution in [1.82, 2.24) is 10.6 Å². The highest BCUT2D eigenvalue weighted by atomic mass is 35.5. The van der Waals surface area contributed by atoms with E-state index in [9.17, 15) is 9.59 Å². The van der Waals surface area contributed by atoms with Gasteiger partial charge in [-0.1, -0.05) is 13.3 Å². The maximum Gasteiger partial charge on any atom is 0.242 e. The Balaban J connectivity index is 0. The molecular weight excluding hydrogens is 266 g/mol. The van der Waals surface area contributed by atoms with Gasteiger partial charge < -0.3 is 16.4 Å². The molecular formula is C13H28ClN3O2. The first-order chi connectivity index (χ1) is 7.99. The van der Waals surface area contributed by atoms with Crippen LogP contribution in [0.3, 0.4) is 0 Å². The molecule has 2 amide bonds. The predicted octanol–water partition coefficient (Wildman–Crippen LogP) is 1.35. The molecule has 0 aromatic rings. The number of carbonyl (C=O) groups is 2. The van der Waals surface area contributed by atoms with Crippen molar-refractivity contribution in [2.45, 2.75) is 71.5 Å². The zero-order valence-corrected chi connectivity index (χ0v) is 13.6. The van der Waals surface area contributed by atoms with Crippen molar-refractivity contribution in [1.29, 1.82) is 0 Å². The first kappa shape index (κ1) is 20.5. The highest BCUT2D eigenvalue weighted by Gasteiger charge is 2.30. The summed E-state index contributed by atoms with van der Waals surface area (Å²) in [5, 5.41) is 5.46. The molecule has 0 heterocycles. The van der Waals surface area contributed by atoms with Crippen LogP contribution in [0.1, 0.15) is 54.4 Å². The van der Waals surface area contributed by atoms with Crippen molar-refractivity contribution in [2.24, 2.45) is 5.73 Å². The van der Waals surface area contributed by atoms with E-state index in [-0.39, 0.29) is 29.8 Å². The van der Waals surface area contributed by atoms with Crippen molar-refractivity contribution in [3.63, 3.8) is 0 Å². The van der Waals surface area contributed by atoms with Crippen LogP contribution in [0.15, 0.2) is 0 Å². The Bertz CT molecular complexity index is 312. The molecule has 4 N–H and O–H groups in total. The standard InChI is InChI=1S/C13H27N3O2.ClH/c1-7-8-13(6,14)11(18)15-9(2)10(17)16-12(3,4)5;/h9H,7-8,14H2,1-6H3,(H,15,18)(H,16,17);1H. The lowest BCUT2D eigenvalue weighted by Gasteiger charge is -2.27. The molecule has 0 saturated heterocycles. The van der Waals surface area contributed by atoms with E-state index in [1.807, 2.05) is 27.7 Å². The minimum atomic E-state index is -0.926. The Labute approximate surface area is 122 Å². The zero-order valence-electron chi connectivity index (χ0n) is 12.8. The van der Waals surface area contributed by atoms with Crippen LogP contribution in [-0.2, 0) is 9.59 Å². The molecule has 0 aliphatic rings. The fraction of sp³-hybridized carbons (Fsp3) is 0.846. The lowest BCUT2D eigenvalue weighted by atomic mass is 9.96. The molecule has 0 aliphatic heterocycles. The fourth-order valence-corrected chi connectivity index (χ4v) is 1.54. The summed E-state index contributed by atoms with van der Waals surface area (Å²) in [6, 6.07) is -0.587. The van der Waals surface area contributed by atoms with Gasteiger partial charge in [0.05, 0.1) is 5.54 Å². The normalized spacial score (nSPS) is 15.7. The average Bonchev–Trinajstić information content (AvgIpc) is 2.14. The Morgan fingerprint density at radius 1 is 1.21 bits per heavy atom. The van der Waals surface area contributed by atoms with E-state index in [0.29, 0.717) is 6.42 Å². The Morgan fingerprint density at radius 3 is 2.05 bits per heavy atom. The summed E-state index contributed by atoms with van der Waals surface area (Å²) in [4.78, 5) is 23.7. The summed E-state index contributed by atoms with van der Waals surface area (Å²) in [5.74, 6) is -0.496. The van der Waals surface area contributed by atoms with Crippen molar-refractivity contribution in [2.75, 3.05) is 0 Å². The number of hydrogen-bond acceptors (Lipinski definition) is 3. The van der Waals surface area contributed by atoms with E-state index in [1.165, 1.54) is 0 Å². The van der Waals surface area contributed by atoms with Crippen LogP contribution in [-0.4, -0.2) is 28.9 Å². The van der Waals surface area contributed by atoms with Crippen LogP contribution in [0.5, 0.6) is 0 Å². The van der Waals surface area contributed by atoms with Gasteiger partial charge in [-0.2, -0.15) is 0 Å². The minimum Gasteiger partial charge on any atom is -0.350 e. The van der Waals surface area contributed by atoms with Crippen molar-refractivity contribution in [3.8, 4) is 0 Å². The van der Waals surface area contributed by atoms with Crippen molar-refractivity contribution >= 4 is 24.2 Å². The predicted molar refractivity (Wildman–Crippen MR) is 80.2 cm³/mol. The van der Waals surface area contributed by atoms with E-state index in [2.05, 4.69) is 10.6 Å². The molecule has 0 aliphatic carbocycles. The molecule has 0 radical (unpaired) electrons. The second-order valence-corrected chi connectivity index (χ2v) is 6.10. The molecule has 0 bridgehead atoms. The second-order valence-electron chi connectivity index (χ2n) is 6.10. The van der Waals surface area contributed by atoms with E-state index in [0.717, 1.165) is 6.42 Å². The largest absolute Gasteiger partial charge is 0.350 e. The third-order valence-corrected chi connectivity index (χ3v) is 2.53. The van der Waals surface area contributed by atoms with E-state index >= 15 is 0 Å². The summed E-state index contributed by atoms with van der Waals surface area (Å²) in [6.45, 7) is 11.0. The Kier molecular flexibility index (Phi) is 8.31. The summed E-state index contributed by atoms with van der Waals surface area (Å²) >= 11 is 0. The molecule has 0 aromatic heterocycles. The van der Waals surface area contributed by atoms with Crippen LogP contribution in [0, 0.1) is 0 Å². The maximum absolute atomic E-state index is 11.9. The van der Waals surface area contributed by atoms with Crippen LogP contribution < -0.4 is 16.4 Å². The number of nitrogens with two attached hydrogens (primary N) is 1. The fourth-order valence-electron chi connectivity index (χ4n) is 1.54. The van der Waals surface area contributed by atoms with Gasteiger partial charge in [-0.25, -0.2) is 0 Å². The first-order valence-corrected chi connectivity index (χ1v) is 6.41. The molecule has 114 valence electrons. The van der Waals surface area contributed by atoms with Gasteiger partial charge in [-0.05, 0) is 41.0 Å². The molecule has 0 aromatic carbocycles. The van der Waals surface area contributed by atoms with E-state index < -0.39 is 11.6 Å². The molecule has 5 nitrogen and oxygen atoms in total. The third kappa shape index (κ3) is 8.06. The first-order valence-electron chi connectivity index (χ1n) is 6.41. The van der Waals surface area contributed by atoms with E-state index in [4.69, 9.17) is 5.73 Å². The topological polar surface area (TPSA) is 84.2 Å². The van der Waals surface area contributed by atoms with Crippen LogP contribution in [0.25, 0.3) is 0 Å². The highest BCUT2D eigenvalue weighted by Crippen LogP contribution is 2.09. The number of nitrogens with one attached hydrogen (secondary N) is 2. The van der Waals surface area contributed by atoms with Gasteiger partial charge in [0.15, 0.2) is 0 Å². The van der Waals surface area contributed by atoms with Gasteiger partial charge in [0.1, 0.15) is 6.04 Å². The summed E-state index contributed by atoms with van der Waals surface area (Å²) in [7, 11) is 0. The number of amides is 2. The lowest BCUT2D eigenvalue weighted by molar-refractivity contribution is -0.132. The average molecular weight is 294 g/mol. The maximum atomic E-state index is 11.9. The van der Waals surface area contributed by atoms with Crippen LogP contribution in [0.2, 0.25) is 0 Å². The van der Waals surface area contributed by atoms with Gasteiger partial charge in [-0.15, -0.1) is 12.4 Å².